The van der Waals surface area contributed by atoms with Crippen LogP contribution in [-0.2, 0) is 12.8 Å². The highest BCUT2D eigenvalue weighted by Gasteiger charge is 2.14. The van der Waals surface area contributed by atoms with E-state index in [-0.39, 0.29) is 30.9 Å². The van der Waals surface area contributed by atoms with Crippen LogP contribution in [0.4, 0.5) is 0 Å². The van der Waals surface area contributed by atoms with Crippen molar-refractivity contribution in [3.05, 3.63) is 70.7 Å². The third-order valence-corrected chi connectivity index (χ3v) is 3.88. The Hall–Kier alpha value is -0.810. The molecular weight excluding hydrogens is 367 g/mol. The lowest BCUT2D eigenvalue weighted by Gasteiger charge is -2.19. The molecule has 0 heterocycles. The second-order valence-electron chi connectivity index (χ2n) is 5.50. The number of halogens is 3. The average molecular weight is 392 g/mol. The van der Waals surface area contributed by atoms with Gasteiger partial charge in [0.15, 0.2) is 0 Å². The van der Waals surface area contributed by atoms with Gasteiger partial charge < -0.3 is 16.2 Å². The number of hydrogen-bond acceptors (Lipinski definition) is 3. The van der Waals surface area contributed by atoms with Crippen LogP contribution in [0.25, 0.3) is 0 Å². The molecule has 0 aromatic heterocycles. The first-order valence-electron chi connectivity index (χ1n) is 7.58. The quantitative estimate of drug-likeness (QED) is 0.605. The Labute approximate surface area is 161 Å². The molecule has 2 aromatic carbocycles. The maximum Gasteiger partial charge on any atom is 0.0818 e. The van der Waals surface area contributed by atoms with Gasteiger partial charge in [0.1, 0.15) is 0 Å². The predicted molar refractivity (Wildman–Crippen MR) is 107 cm³/mol. The van der Waals surface area contributed by atoms with E-state index in [2.05, 4.69) is 5.32 Å². The minimum absolute atomic E-state index is 0. The maximum absolute atomic E-state index is 10.1. The number of nitrogens with two attached hydrogens (primary N) is 1. The summed E-state index contributed by atoms with van der Waals surface area (Å²) in [5.41, 5.74) is 8.38. The first kappa shape index (κ1) is 23.2. The molecule has 0 saturated heterocycles. The lowest BCUT2D eigenvalue weighted by molar-refractivity contribution is 0.142. The van der Waals surface area contributed by atoms with Gasteiger partial charge in [-0.25, -0.2) is 0 Å². The smallest absolute Gasteiger partial charge is 0.0818 e. The Morgan fingerprint density at radius 2 is 1.67 bits per heavy atom. The molecule has 0 aliphatic rings. The highest BCUT2D eigenvalue weighted by Crippen LogP contribution is 2.10. The third kappa shape index (κ3) is 8.34. The van der Waals surface area contributed by atoms with Crippen molar-refractivity contribution in [3.8, 4) is 0 Å². The van der Waals surface area contributed by atoms with E-state index < -0.39 is 6.10 Å². The van der Waals surface area contributed by atoms with E-state index in [9.17, 15) is 5.11 Å². The summed E-state index contributed by atoms with van der Waals surface area (Å²) < 4.78 is 0. The van der Waals surface area contributed by atoms with Gasteiger partial charge in [0.25, 0.3) is 0 Å². The number of hydrogen-bond donors (Lipinski definition) is 3. The molecule has 24 heavy (non-hydrogen) atoms. The fraction of sp³-hybridized carbons (Fsp3) is 0.333. The van der Waals surface area contributed by atoms with Crippen LogP contribution in [0.1, 0.15) is 11.1 Å². The lowest BCUT2D eigenvalue weighted by Crippen LogP contribution is -2.43. The second kappa shape index (κ2) is 12.5. The lowest BCUT2D eigenvalue weighted by atomic mass is 10.0. The number of aliphatic hydroxyl groups is 1. The van der Waals surface area contributed by atoms with Gasteiger partial charge in [-0.3, -0.25) is 0 Å². The zero-order valence-corrected chi connectivity index (χ0v) is 15.8. The molecular formula is C18H25Cl3N2O. The van der Waals surface area contributed by atoms with Crippen LogP contribution in [0.2, 0.25) is 5.02 Å². The minimum atomic E-state index is -0.556. The summed E-state index contributed by atoms with van der Waals surface area (Å²) in [6.07, 6.45) is 0.999. The maximum atomic E-state index is 10.1. The number of rotatable bonds is 8. The summed E-state index contributed by atoms with van der Waals surface area (Å²) in [6.45, 7) is 1.28. The molecule has 0 spiro atoms. The Kier molecular flexibility index (Phi) is 12.1. The molecule has 134 valence electrons. The van der Waals surface area contributed by atoms with Crippen LogP contribution in [0.15, 0.2) is 54.6 Å². The van der Waals surface area contributed by atoms with Crippen LogP contribution < -0.4 is 11.1 Å². The summed E-state index contributed by atoms with van der Waals surface area (Å²) in [4.78, 5) is 0. The molecule has 2 rings (SSSR count). The van der Waals surface area contributed by atoms with E-state index in [1.165, 1.54) is 5.56 Å². The first-order valence-corrected chi connectivity index (χ1v) is 7.95. The number of nitrogens with one attached hydrogen (secondary N) is 1. The molecule has 0 aliphatic heterocycles. The third-order valence-electron chi connectivity index (χ3n) is 3.64. The van der Waals surface area contributed by atoms with Gasteiger partial charge in [-0.15, -0.1) is 24.8 Å². The molecule has 3 nitrogen and oxygen atoms in total. The Morgan fingerprint density at radius 1 is 1.00 bits per heavy atom. The number of benzene rings is 2. The van der Waals surface area contributed by atoms with Gasteiger partial charge in [0.2, 0.25) is 0 Å². The zero-order valence-electron chi connectivity index (χ0n) is 13.4. The Balaban J connectivity index is 0.00000264. The van der Waals surface area contributed by atoms with Gasteiger partial charge in [0, 0.05) is 17.6 Å². The van der Waals surface area contributed by atoms with Gasteiger partial charge in [-0.2, -0.15) is 0 Å². The summed E-state index contributed by atoms with van der Waals surface area (Å²) in [5, 5.41) is 14.1. The fourth-order valence-corrected chi connectivity index (χ4v) is 2.56. The van der Waals surface area contributed by atoms with Crippen molar-refractivity contribution in [1.82, 2.24) is 5.32 Å². The van der Waals surface area contributed by atoms with Crippen LogP contribution >= 0.6 is 36.4 Å². The van der Waals surface area contributed by atoms with E-state index in [0.717, 1.165) is 23.6 Å². The van der Waals surface area contributed by atoms with Crippen molar-refractivity contribution in [2.24, 2.45) is 5.73 Å². The molecule has 0 amide bonds. The molecule has 4 N–H and O–H groups in total. The number of aliphatic hydroxyl groups excluding tert-OH is 1. The van der Waals surface area contributed by atoms with E-state index in [1.54, 1.807) is 0 Å². The van der Waals surface area contributed by atoms with Crippen molar-refractivity contribution in [3.63, 3.8) is 0 Å². The molecule has 0 unspecified atom stereocenters. The van der Waals surface area contributed by atoms with Crippen molar-refractivity contribution in [2.75, 3.05) is 13.1 Å². The molecule has 0 radical (unpaired) electrons. The summed E-state index contributed by atoms with van der Waals surface area (Å²) in [5.74, 6) is 0. The van der Waals surface area contributed by atoms with Crippen molar-refractivity contribution >= 4 is 36.4 Å². The SMILES string of the molecule is Cl.Cl.N[C@@H](Cc1ccccc1)[C@H](O)CNCCc1cccc(Cl)c1. The Morgan fingerprint density at radius 3 is 2.33 bits per heavy atom. The van der Waals surface area contributed by atoms with Crippen LogP contribution in [0.5, 0.6) is 0 Å². The molecule has 0 bridgehead atoms. The van der Waals surface area contributed by atoms with E-state index in [1.807, 2.05) is 54.6 Å². The van der Waals surface area contributed by atoms with Gasteiger partial charge in [-0.1, -0.05) is 54.1 Å². The normalized spacial score (nSPS) is 12.6. The summed E-state index contributed by atoms with van der Waals surface area (Å²) >= 11 is 5.95. The second-order valence-corrected chi connectivity index (χ2v) is 5.94. The van der Waals surface area contributed by atoms with Gasteiger partial charge in [-0.05, 0) is 42.6 Å². The Bertz CT molecular complexity index is 569. The molecule has 2 atom stereocenters. The first-order chi connectivity index (χ1) is 10.6. The van der Waals surface area contributed by atoms with Gasteiger partial charge >= 0.3 is 0 Å². The van der Waals surface area contributed by atoms with Crippen LogP contribution in [0.3, 0.4) is 0 Å². The predicted octanol–water partition coefficient (Wildman–Crippen LogP) is 3.25. The van der Waals surface area contributed by atoms with E-state index in [4.69, 9.17) is 17.3 Å². The van der Waals surface area contributed by atoms with Crippen LogP contribution in [0, 0.1) is 0 Å². The summed E-state index contributed by atoms with van der Waals surface area (Å²) in [7, 11) is 0. The highest BCUT2D eigenvalue weighted by atomic mass is 35.5. The molecule has 6 heteroatoms. The highest BCUT2D eigenvalue weighted by molar-refractivity contribution is 6.30. The van der Waals surface area contributed by atoms with Crippen molar-refractivity contribution < 1.29 is 5.11 Å². The zero-order chi connectivity index (χ0) is 15.8. The molecule has 0 saturated carbocycles. The van der Waals surface area contributed by atoms with Crippen LogP contribution in [-0.4, -0.2) is 30.3 Å². The largest absolute Gasteiger partial charge is 0.390 e. The van der Waals surface area contributed by atoms with E-state index in [0.29, 0.717) is 13.0 Å². The monoisotopic (exact) mass is 390 g/mol. The van der Waals surface area contributed by atoms with E-state index >= 15 is 0 Å². The molecule has 2 aromatic rings. The molecule has 0 aliphatic carbocycles. The average Bonchev–Trinajstić information content (AvgIpc) is 2.52. The van der Waals surface area contributed by atoms with Crippen molar-refractivity contribution in [1.29, 1.82) is 0 Å². The van der Waals surface area contributed by atoms with Crippen molar-refractivity contribution in [2.45, 2.75) is 25.0 Å². The summed E-state index contributed by atoms with van der Waals surface area (Å²) in [6, 6.07) is 17.6. The topological polar surface area (TPSA) is 58.3 Å². The fourth-order valence-electron chi connectivity index (χ4n) is 2.35. The minimum Gasteiger partial charge on any atom is -0.390 e. The molecule has 0 fully saturated rings. The van der Waals surface area contributed by atoms with Gasteiger partial charge in [0.05, 0.1) is 6.10 Å². The standard InChI is InChI=1S/C18H23ClN2O.2ClH/c19-16-8-4-7-15(11-16)9-10-21-13-18(22)17(20)12-14-5-2-1-3-6-14;;/h1-8,11,17-18,21-22H,9-10,12-13,20H2;2*1H/t17-,18+;;/m0../s1.